The molecular formula is C14H19N5O2. The Morgan fingerprint density at radius 1 is 1.52 bits per heavy atom. The van der Waals surface area contributed by atoms with E-state index in [9.17, 15) is 10.1 Å². The minimum Gasteiger partial charge on any atom is -0.358 e. The fourth-order valence-electron chi connectivity index (χ4n) is 3.13. The molecule has 2 unspecified atom stereocenters. The van der Waals surface area contributed by atoms with Crippen LogP contribution in [0.2, 0.25) is 0 Å². The molecule has 3 rings (SSSR count). The number of hydrogen-bond donors (Lipinski definition) is 1. The summed E-state index contributed by atoms with van der Waals surface area (Å²) in [7, 11) is 0. The van der Waals surface area contributed by atoms with Crippen LogP contribution in [0.15, 0.2) is 24.4 Å². The van der Waals surface area contributed by atoms with Crippen LogP contribution in [0.4, 0.5) is 5.82 Å². The van der Waals surface area contributed by atoms with Crippen LogP contribution in [0, 0.1) is 16.0 Å². The van der Waals surface area contributed by atoms with Crippen LogP contribution in [0.25, 0.3) is 5.65 Å². The number of rotatable bonds is 4. The molecule has 2 aromatic heterocycles. The molecule has 0 radical (unpaired) electrons. The average molecular weight is 289 g/mol. The first-order valence-corrected chi connectivity index (χ1v) is 7.14. The van der Waals surface area contributed by atoms with Crippen molar-refractivity contribution < 1.29 is 4.92 Å². The summed E-state index contributed by atoms with van der Waals surface area (Å²) in [5.74, 6) is 0.532. The van der Waals surface area contributed by atoms with Gasteiger partial charge in [-0.2, -0.15) is 4.40 Å². The normalized spacial score (nSPS) is 23.0. The Morgan fingerprint density at radius 2 is 2.33 bits per heavy atom. The maximum atomic E-state index is 11.4. The van der Waals surface area contributed by atoms with Gasteiger partial charge in [-0.1, -0.05) is 6.07 Å². The van der Waals surface area contributed by atoms with E-state index >= 15 is 0 Å². The van der Waals surface area contributed by atoms with Gasteiger partial charge in [-0.3, -0.25) is 4.90 Å². The number of nitro groups is 1. The minimum absolute atomic E-state index is 0.0639. The smallest absolute Gasteiger partial charge is 0.352 e. The van der Waals surface area contributed by atoms with Crippen molar-refractivity contribution in [3.05, 3.63) is 40.2 Å². The van der Waals surface area contributed by atoms with Crippen LogP contribution in [-0.2, 0) is 6.54 Å². The summed E-state index contributed by atoms with van der Waals surface area (Å²) < 4.78 is 1.54. The van der Waals surface area contributed by atoms with Crippen molar-refractivity contribution in [2.24, 2.45) is 11.7 Å². The third-order valence-corrected chi connectivity index (χ3v) is 4.22. The molecule has 21 heavy (non-hydrogen) atoms. The van der Waals surface area contributed by atoms with E-state index in [-0.39, 0.29) is 10.7 Å². The molecule has 2 aromatic rings. The van der Waals surface area contributed by atoms with E-state index in [1.807, 2.05) is 6.07 Å². The lowest BCUT2D eigenvalue weighted by molar-refractivity contribution is -0.391. The Balaban J connectivity index is 1.93. The topological polar surface area (TPSA) is 89.7 Å². The molecule has 2 atom stereocenters. The zero-order valence-corrected chi connectivity index (χ0v) is 12.0. The first-order chi connectivity index (χ1) is 10.1. The van der Waals surface area contributed by atoms with Crippen molar-refractivity contribution in [1.29, 1.82) is 0 Å². The molecule has 0 aromatic carbocycles. The monoisotopic (exact) mass is 289 g/mol. The van der Waals surface area contributed by atoms with Gasteiger partial charge in [-0.25, -0.2) is 4.98 Å². The summed E-state index contributed by atoms with van der Waals surface area (Å²) in [5.41, 5.74) is 6.87. The average Bonchev–Trinajstić information content (AvgIpc) is 2.99. The highest BCUT2D eigenvalue weighted by atomic mass is 16.6. The summed E-state index contributed by atoms with van der Waals surface area (Å²) in [6, 6.07) is 5.77. The molecule has 7 nitrogen and oxygen atoms in total. The quantitative estimate of drug-likeness (QED) is 0.679. The molecule has 1 aliphatic heterocycles. The predicted octanol–water partition coefficient (Wildman–Crippen LogP) is 1.41. The Bertz CT molecular complexity index is 668. The SMILES string of the molecule is CC1CC(CN)CN1Cc1nc2ccccn2c1[N+](=O)[O-]. The highest BCUT2D eigenvalue weighted by molar-refractivity contribution is 5.48. The van der Waals surface area contributed by atoms with Gasteiger partial charge in [0, 0.05) is 25.2 Å². The van der Waals surface area contributed by atoms with Gasteiger partial charge in [-0.05, 0) is 36.8 Å². The summed E-state index contributed by atoms with van der Waals surface area (Å²) in [6.45, 7) is 4.17. The highest BCUT2D eigenvalue weighted by Gasteiger charge is 2.31. The standard InChI is InChI=1S/C14H19N5O2/c1-10-6-11(7-15)8-17(10)9-12-14(19(20)21)18-5-3-2-4-13(18)16-12/h2-5,10-11H,6-9,15H2,1H3. The summed E-state index contributed by atoms with van der Waals surface area (Å²) in [6.07, 6.45) is 2.72. The fraction of sp³-hybridized carbons (Fsp3) is 0.500. The van der Waals surface area contributed by atoms with Crippen molar-refractivity contribution >= 4 is 11.5 Å². The zero-order chi connectivity index (χ0) is 15.0. The molecule has 3 heterocycles. The van der Waals surface area contributed by atoms with E-state index in [1.165, 1.54) is 4.40 Å². The number of likely N-dealkylation sites (tertiary alicyclic amines) is 1. The fourth-order valence-corrected chi connectivity index (χ4v) is 3.13. The van der Waals surface area contributed by atoms with Crippen molar-refractivity contribution in [1.82, 2.24) is 14.3 Å². The van der Waals surface area contributed by atoms with Gasteiger partial charge < -0.3 is 15.8 Å². The largest absolute Gasteiger partial charge is 0.358 e. The highest BCUT2D eigenvalue weighted by Crippen LogP contribution is 2.27. The lowest BCUT2D eigenvalue weighted by atomic mass is 10.1. The summed E-state index contributed by atoms with van der Waals surface area (Å²) in [4.78, 5) is 17.7. The first kappa shape index (κ1) is 14.0. The Hall–Kier alpha value is -1.99. The second kappa shape index (κ2) is 5.42. The predicted molar refractivity (Wildman–Crippen MR) is 78.9 cm³/mol. The van der Waals surface area contributed by atoms with Gasteiger partial charge in [0.15, 0.2) is 5.69 Å². The molecular weight excluding hydrogens is 270 g/mol. The molecule has 0 spiro atoms. The van der Waals surface area contributed by atoms with Crippen molar-refractivity contribution in [3.8, 4) is 0 Å². The van der Waals surface area contributed by atoms with Crippen LogP contribution < -0.4 is 5.73 Å². The maximum Gasteiger partial charge on any atom is 0.352 e. The van der Waals surface area contributed by atoms with Crippen LogP contribution in [-0.4, -0.2) is 38.3 Å². The van der Waals surface area contributed by atoms with E-state index in [0.29, 0.717) is 36.4 Å². The second-order valence-corrected chi connectivity index (χ2v) is 5.68. The van der Waals surface area contributed by atoms with Gasteiger partial charge in [0.25, 0.3) is 0 Å². The summed E-state index contributed by atoms with van der Waals surface area (Å²) >= 11 is 0. The molecule has 1 aliphatic rings. The Morgan fingerprint density at radius 3 is 3.00 bits per heavy atom. The van der Waals surface area contributed by atoms with E-state index in [0.717, 1.165) is 13.0 Å². The zero-order valence-electron chi connectivity index (χ0n) is 12.0. The van der Waals surface area contributed by atoms with Gasteiger partial charge in [0.05, 0.1) is 6.20 Å². The van der Waals surface area contributed by atoms with E-state index in [4.69, 9.17) is 5.73 Å². The van der Waals surface area contributed by atoms with Gasteiger partial charge >= 0.3 is 5.82 Å². The van der Waals surface area contributed by atoms with E-state index < -0.39 is 0 Å². The lowest BCUT2D eigenvalue weighted by Crippen LogP contribution is -2.27. The molecule has 1 saturated heterocycles. The van der Waals surface area contributed by atoms with E-state index in [1.54, 1.807) is 18.3 Å². The van der Waals surface area contributed by atoms with Gasteiger partial charge in [0.1, 0.15) is 0 Å². The van der Waals surface area contributed by atoms with Gasteiger partial charge in [0.2, 0.25) is 5.65 Å². The number of hydrogen-bond acceptors (Lipinski definition) is 5. The molecule has 0 saturated carbocycles. The molecule has 0 amide bonds. The number of aromatic nitrogens is 2. The maximum absolute atomic E-state index is 11.4. The van der Waals surface area contributed by atoms with Gasteiger partial charge in [-0.15, -0.1) is 0 Å². The second-order valence-electron chi connectivity index (χ2n) is 5.68. The Labute approximate surface area is 122 Å². The number of nitrogens with zero attached hydrogens (tertiary/aromatic N) is 4. The van der Waals surface area contributed by atoms with Crippen molar-refractivity contribution in [2.45, 2.75) is 25.9 Å². The van der Waals surface area contributed by atoms with Crippen LogP contribution in [0.5, 0.6) is 0 Å². The van der Waals surface area contributed by atoms with Crippen molar-refractivity contribution in [2.75, 3.05) is 13.1 Å². The number of fused-ring (bicyclic) bond motifs is 1. The third kappa shape index (κ3) is 2.50. The van der Waals surface area contributed by atoms with Crippen molar-refractivity contribution in [3.63, 3.8) is 0 Å². The van der Waals surface area contributed by atoms with Crippen LogP contribution >= 0.6 is 0 Å². The summed E-state index contributed by atoms with van der Waals surface area (Å²) in [5, 5.41) is 11.4. The number of nitrogens with two attached hydrogens (primary N) is 1. The molecule has 0 aliphatic carbocycles. The minimum atomic E-state index is -0.351. The molecule has 112 valence electrons. The van der Waals surface area contributed by atoms with E-state index in [2.05, 4.69) is 16.8 Å². The number of imidazole rings is 1. The first-order valence-electron chi connectivity index (χ1n) is 7.14. The van der Waals surface area contributed by atoms with Crippen LogP contribution in [0.3, 0.4) is 0 Å². The third-order valence-electron chi connectivity index (χ3n) is 4.22. The lowest BCUT2D eigenvalue weighted by Gasteiger charge is -2.19. The van der Waals surface area contributed by atoms with Crippen LogP contribution in [0.1, 0.15) is 19.0 Å². The molecule has 0 bridgehead atoms. The number of pyridine rings is 1. The molecule has 2 N–H and O–H groups in total. The molecule has 7 heteroatoms. The molecule has 1 fully saturated rings. The Kier molecular flexibility index (Phi) is 3.60.